The summed E-state index contributed by atoms with van der Waals surface area (Å²) in [7, 11) is 0. The van der Waals surface area contributed by atoms with Crippen molar-refractivity contribution in [2.75, 3.05) is 11.2 Å². The lowest BCUT2D eigenvalue weighted by Crippen LogP contribution is -2.32. The molecule has 1 aromatic heterocycles. The highest BCUT2D eigenvalue weighted by molar-refractivity contribution is 6.20. The third-order valence-corrected chi connectivity index (χ3v) is 3.55. The van der Waals surface area contributed by atoms with E-state index in [1.54, 1.807) is 12.4 Å². The summed E-state index contributed by atoms with van der Waals surface area (Å²) in [4.78, 5) is 16.2. The molecule has 1 aromatic carbocycles. The SMILES string of the molecule is CC(C)(CCl)C(=O)Nc1cccc2cnccc12. The van der Waals surface area contributed by atoms with E-state index in [-0.39, 0.29) is 11.8 Å². The Balaban J connectivity index is 2.36. The minimum Gasteiger partial charge on any atom is -0.325 e. The number of fused-ring (bicyclic) bond motifs is 1. The summed E-state index contributed by atoms with van der Waals surface area (Å²) >= 11 is 5.80. The summed E-state index contributed by atoms with van der Waals surface area (Å²) in [5.41, 5.74) is 0.203. The minimum absolute atomic E-state index is 0.0817. The van der Waals surface area contributed by atoms with Crippen molar-refractivity contribution in [3.8, 4) is 0 Å². The summed E-state index contributed by atoms with van der Waals surface area (Å²) in [5.74, 6) is 0.201. The van der Waals surface area contributed by atoms with Crippen LogP contribution in [-0.4, -0.2) is 16.8 Å². The van der Waals surface area contributed by atoms with Gasteiger partial charge in [-0.1, -0.05) is 12.1 Å². The highest BCUT2D eigenvalue weighted by Gasteiger charge is 2.26. The van der Waals surface area contributed by atoms with Gasteiger partial charge in [0.1, 0.15) is 0 Å². The fraction of sp³-hybridized carbons (Fsp3) is 0.286. The molecule has 0 unspecified atom stereocenters. The molecule has 1 amide bonds. The zero-order chi connectivity index (χ0) is 13.2. The molecule has 0 aliphatic carbocycles. The van der Waals surface area contributed by atoms with Crippen LogP contribution in [0.1, 0.15) is 13.8 Å². The lowest BCUT2D eigenvalue weighted by atomic mass is 9.95. The van der Waals surface area contributed by atoms with Gasteiger partial charge in [0.15, 0.2) is 0 Å². The van der Waals surface area contributed by atoms with E-state index in [1.807, 2.05) is 38.1 Å². The van der Waals surface area contributed by atoms with Crippen LogP contribution in [0.15, 0.2) is 36.7 Å². The Morgan fingerprint density at radius 2 is 2.17 bits per heavy atom. The largest absolute Gasteiger partial charge is 0.325 e. The molecule has 0 radical (unpaired) electrons. The van der Waals surface area contributed by atoms with Gasteiger partial charge in [0.25, 0.3) is 0 Å². The molecule has 0 spiro atoms. The fourth-order valence-electron chi connectivity index (χ4n) is 1.58. The van der Waals surface area contributed by atoms with Crippen molar-refractivity contribution in [3.63, 3.8) is 0 Å². The first-order chi connectivity index (χ1) is 8.54. The third-order valence-electron chi connectivity index (χ3n) is 2.88. The molecule has 1 heterocycles. The molecule has 1 N–H and O–H groups in total. The number of hydrogen-bond acceptors (Lipinski definition) is 2. The maximum absolute atomic E-state index is 12.1. The van der Waals surface area contributed by atoms with Gasteiger partial charge >= 0.3 is 0 Å². The van der Waals surface area contributed by atoms with Gasteiger partial charge in [0.2, 0.25) is 5.91 Å². The summed E-state index contributed by atoms with van der Waals surface area (Å²) in [6.07, 6.45) is 3.49. The van der Waals surface area contributed by atoms with Gasteiger partial charge in [-0.3, -0.25) is 9.78 Å². The van der Waals surface area contributed by atoms with Crippen molar-refractivity contribution in [2.24, 2.45) is 5.41 Å². The second-order valence-corrected chi connectivity index (χ2v) is 5.14. The molecule has 0 aliphatic rings. The van der Waals surface area contributed by atoms with Crippen LogP contribution >= 0.6 is 11.6 Å². The van der Waals surface area contributed by atoms with Crippen molar-refractivity contribution in [3.05, 3.63) is 36.7 Å². The molecule has 18 heavy (non-hydrogen) atoms. The number of nitrogens with one attached hydrogen (secondary N) is 1. The molecule has 0 fully saturated rings. The van der Waals surface area contributed by atoms with E-state index in [4.69, 9.17) is 11.6 Å². The number of halogens is 1. The predicted molar refractivity (Wildman–Crippen MR) is 74.9 cm³/mol. The standard InChI is InChI=1S/C14H15ClN2O/c1-14(2,9-15)13(18)17-12-5-3-4-10-8-16-7-6-11(10)12/h3-8H,9H2,1-2H3,(H,17,18). The number of rotatable bonds is 3. The fourth-order valence-corrected chi connectivity index (χ4v) is 1.71. The molecule has 0 saturated heterocycles. The highest BCUT2D eigenvalue weighted by Crippen LogP contribution is 2.25. The van der Waals surface area contributed by atoms with E-state index in [9.17, 15) is 4.79 Å². The number of anilines is 1. The van der Waals surface area contributed by atoms with E-state index in [0.717, 1.165) is 16.5 Å². The number of aromatic nitrogens is 1. The Labute approximate surface area is 111 Å². The number of amides is 1. The van der Waals surface area contributed by atoms with Gasteiger partial charge in [-0.15, -0.1) is 11.6 Å². The zero-order valence-corrected chi connectivity index (χ0v) is 11.2. The number of carbonyl (C=O) groups is 1. The van der Waals surface area contributed by atoms with E-state index < -0.39 is 5.41 Å². The van der Waals surface area contributed by atoms with E-state index in [1.165, 1.54) is 0 Å². The Morgan fingerprint density at radius 3 is 2.89 bits per heavy atom. The molecule has 3 nitrogen and oxygen atoms in total. The first-order valence-electron chi connectivity index (χ1n) is 5.75. The second-order valence-electron chi connectivity index (χ2n) is 4.87. The summed E-state index contributed by atoms with van der Waals surface area (Å²) in [6, 6.07) is 7.63. The number of pyridine rings is 1. The molecular formula is C14H15ClN2O. The first kappa shape index (κ1) is 12.8. The lowest BCUT2D eigenvalue weighted by Gasteiger charge is -2.20. The highest BCUT2D eigenvalue weighted by atomic mass is 35.5. The van der Waals surface area contributed by atoms with Crippen LogP contribution in [0.25, 0.3) is 10.8 Å². The Hall–Kier alpha value is -1.61. The Kier molecular flexibility index (Phi) is 3.53. The van der Waals surface area contributed by atoms with Crippen molar-refractivity contribution in [1.29, 1.82) is 0 Å². The predicted octanol–water partition coefficient (Wildman–Crippen LogP) is 3.44. The van der Waals surface area contributed by atoms with Crippen LogP contribution in [0, 0.1) is 5.41 Å². The van der Waals surface area contributed by atoms with Crippen LogP contribution in [0.5, 0.6) is 0 Å². The maximum atomic E-state index is 12.1. The maximum Gasteiger partial charge on any atom is 0.231 e. The molecule has 4 heteroatoms. The number of benzene rings is 1. The molecule has 0 bridgehead atoms. The van der Waals surface area contributed by atoms with Crippen LogP contribution in [0.2, 0.25) is 0 Å². The molecule has 0 atom stereocenters. The second kappa shape index (κ2) is 4.94. The van der Waals surface area contributed by atoms with Crippen molar-refractivity contribution in [1.82, 2.24) is 4.98 Å². The van der Waals surface area contributed by atoms with Crippen LogP contribution in [0.4, 0.5) is 5.69 Å². The zero-order valence-electron chi connectivity index (χ0n) is 10.4. The summed E-state index contributed by atoms with van der Waals surface area (Å²) < 4.78 is 0. The van der Waals surface area contributed by atoms with Gasteiger partial charge < -0.3 is 5.32 Å². The number of hydrogen-bond donors (Lipinski definition) is 1. The third kappa shape index (κ3) is 2.46. The van der Waals surface area contributed by atoms with Gasteiger partial charge in [0.05, 0.1) is 5.41 Å². The van der Waals surface area contributed by atoms with Gasteiger partial charge in [0, 0.05) is 34.7 Å². The minimum atomic E-state index is -0.587. The van der Waals surface area contributed by atoms with E-state index >= 15 is 0 Å². The van der Waals surface area contributed by atoms with Crippen LogP contribution in [-0.2, 0) is 4.79 Å². The van der Waals surface area contributed by atoms with Gasteiger partial charge in [-0.05, 0) is 26.0 Å². The van der Waals surface area contributed by atoms with Crippen molar-refractivity contribution >= 4 is 34.0 Å². The smallest absolute Gasteiger partial charge is 0.231 e. The summed E-state index contributed by atoms with van der Waals surface area (Å²) in [6.45, 7) is 3.64. The first-order valence-corrected chi connectivity index (χ1v) is 6.28. The van der Waals surface area contributed by atoms with Crippen LogP contribution in [0.3, 0.4) is 0 Å². The normalized spacial score (nSPS) is 11.5. The molecular weight excluding hydrogens is 248 g/mol. The molecule has 94 valence electrons. The topological polar surface area (TPSA) is 42.0 Å². The lowest BCUT2D eigenvalue weighted by molar-refractivity contribution is -0.122. The van der Waals surface area contributed by atoms with Crippen LogP contribution < -0.4 is 5.32 Å². The quantitative estimate of drug-likeness (QED) is 0.861. The van der Waals surface area contributed by atoms with E-state index in [2.05, 4.69) is 10.3 Å². The van der Waals surface area contributed by atoms with Crippen molar-refractivity contribution < 1.29 is 4.79 Å². The van der Waals surface area contributed by atoms with Crippen molar-refractivity contribution in [2.45, 2.75) is 13.8 Å². The summed E-state index contributed by atoms with van der Waals surface area (Å²) in [5, 5.41) is 4.90. The number of nitrogens with zero attached hydrogens (tertiary/aromatic N) is 1. The Morgan fingerprint density at radius 1 is 1.39 bits per heavy atom. The average molecular weight is 263 g/mol. The van der Waals surface area contributed by atoms with Gasteiger partial charge in [-0.25, -0.2) is 0 Å². The van der Waals surface area contributed by atoms with E-state index in [0.29, 0.717) is 0 Å². The van der Waals surface area contributed by atoms with Gasteiger partial charge in [-0.2, -0.15) is 0 Å². The number of carbonyl (C=O) groups excluding carboxylic acids is 1. The Bertz CT molecular complexity index is 576. The molecule has 2 rings (SSSR count). The molecule has 2 aromatic rings. The number of alkyl halides is 1. The molecule has 0 saturated carbocycles. The molecule has 0 aliphatic heterocycles. The average Bonchev–Trinajstić information content (AvgIpc) is 2.39. The monoisotopic (exact) mass is 262 g/mol.